The van der Waals surface area contributed by atoms with Crippen molar-refractivity contribution in [3.8, 4) is 6.07 Å². The van der Waals surface area contributed by atoms with Gasteiger partial charge >= 0.3 is 0 Å². The maximum Gasteiger partial charge on any atom is 0.0860 e. The van der Waals surface area contributed by atoms with Crippen molar-refractivity contribution in [2.75, 3.05) is 0 Å². The molecule has 0 aromatic carbocycles. The lowest BCUT2D eigenvalue weighted by molar-refractivity contribution is -0.136. The Bertz CT molecular complexity index is 286. The second-order valence-electron chi connectivity index (χ2n) is 6.24. The van der Waals surface area contributed by atoms with Crippen LogP contribution in [-0.2, 0) is 0 Å². The lowest BCUT2D eigenvalue weighted by Gasteiger charge is -2.52. The molecule has 0 aliphatic heterocycles. The molecule has 2 rings (SSSR count). The predicted molar refractivity (Wildman–Crippen MR) is 59.1 cm³/mol. The Balaban J connectivity index is 2.16. The predicted octanol–water partition coefficient (Wildman–Crippen LogP) is 3.01. The van der Waals surface area contributed by atoms with E-state index in [4.69, 9.17) is 0 Å². The van der Waals surface area contributed by atoms with Gasteiger partial charge in [0.05, 0.1) is 17.1 Å². The van der Waals surface area contributed by atoms with Crippen LogP contribution in [0.1, 0.15) is 58.8 Å². The summed E-state index contributed by atoms with van der Waals surface area (Å²) in [5.41, 5.74) is -0.723. The normalized spacial score (nSPS) is 31.3. The van der Waals surface area contributed by atoms with E-state index in [0.717, 1.165) is 44.9 Å². The molecule has 0 atom stereocenters. The molecule has 2 aliphatic carbocycles. The van der Waals surface area contributed by atoms with Gasteiger partial charge in [0.1, 0.15) is 0 Å². The first-order chi connectivity index (χ1) is 6.93. The highest BCUT2D eigenvalue weighted by Gasteiger charge is 2.56. The van der Waals surface area contributed by atoms with E-state index in [1.165, 1.54) is 0 Å². The van der Waals surface area contributed by atoms with Crippen LogP contribution in [0.25, 0.3) is 0 Å². The summed E-state index contributed by atoms with van der Waals surface area (Å²) in [6, 6.07) is 2.45. The quantitative estimate of drug-likeness (QED) is 0.718. The zero-order valence-corrected chi connectivity index (χ0v) is 9.84. The van der Waals surface area contributed by atoms with Gasteiger partial charge in [0, 0.05) is 0 Å². The molecule has 0 unspecified atom stereocenters. The average Bonchev–Trinajstić information content (AvgIpc) is 2.15. The van der Waals surface area contributed by atoms with Crippen molar-refractivity contribution in [2.45, 2.75) is 64.4 Å². The topological polar surface area (TPSA) is 44.0 Å². The van der Waals surface area contributed by atoms with Crippen molar-refractivity contribution in [1.82, 2.24) is 0 Å². The zero-order chi connectivity index (χ0) is 11.2. The Kier molecular flexibility index (Phi) is 2.35. The zero-order valence-electron chi connectivity index (χ0n) is 9.84. The summed E-state index contributed by atoms with van der Waals surface area (Å²) in [7, 11) is 0. The number of rotatable bonds is 1. The molecule has 0 amide bonds. The van der Waals surface area contributed by atoms with Gasteiger partial charge in [-0.05, 0) is 50.4 Å². The fourth-order valence-electron chi connectivity index (χ4n) is 3.02. The van der Waals surface area contributed by atoms with E-state index in [2.05, 4.69) is 19.9 Å². The molecule has 15 heavy (non-hydrogen) atoms. The summed E-state index contributed by atoms with van der Waals surface area (Å²) in [4.78, 5) is 0. The van der Waals surface area contributed by atoms with Crippen LogP contribution in [0.4, 0.5) is 0 Å². The first-order valence-corrected chi connectivity index (χ1v) is 6.07. The number of hydrogen-bond acceptors (Lipinski definition) is 2. The third-order valence-corrected chi connectivity index (χ3v) is 4.74. The lowest BCUT2D eigenvalue weighted by atomic mass is 9.53. The molecule has 0 aromatic heterocycles. The summed E-state index contributed by atoms with van der Waals surface area (Å²) < 4.78 is 0. The van der Waals surface area contributed by atoms with E-state index < -0.39 is 11.0 Å². The van der Waals surface area contributed by atoms with Crippen molar-refractivity contribution in [2.24, 2.45) is 10.8 Å². The molecule has 2 nitrogen and oxygen atoms in total. The number of nitrogens with zero attached hydrogens (tertiary/aromatic N) is 1. The highest BCUT2D eigenvalue weighted by Crippen LogP contribution is 2.56. The number of aliphatic hydroxyl groups is 1. The van der Waals surface area contributed by atoms with E-state index in [-0.39, 0.29) is 0 Å². The van der Waals surface area contributed by atoms with Crippen molar-refractivity contribution in [3.05, 3.63) is 0 Å². The van der Waals surface area contributed by atoms with E-state index in [0.29, 0.717) is 5.41 Å². The Labute approximate surface area is 92.3 Å². The van der Waals surface area contributed by atoms with Crippen LogP contribution < -0.4 is 0 Å². The van der Waals surface area contributed by atoms with Gasteiger partial charge in [-0.1, -0.05) is 13.8 Å². The largest absolute Gasteiger partial charge is 0.388 e. The van der Waals surface area contributed by atoms with E-state index in [1.54, 1.807) is 0 Å². The van der Waals surface area contributed by atoms with Gasteiger partial charge in [0.15, 0.2) is 0 Å². The van der Waals surface area contributed by atoms with Crippen LogP contribution in [0.15, 0.2) is 0 Å². The molecule has 0 heterocycles. The van der Waals surface area contributed by atoms with Crippen LogP contribution >= 0.6 is 0 Å². The van der Waals surface area contributed by atoms with Gasteiger partial charge in [-0.2, -0.15) is 5.26 Å². The van der Waals surface area contributed by atoms with Crippen LogP contribution in [-0.4, -0.2) is 10.7 Å². The number of hydrogen-bond donors (Lipinski definition) is 1. The Morgan fingerprint density at radius 3 is 1.87 bits per heavy atom. The monoisotopic (exact) mass is 207 g/mol. The minimum absolute atomic E-state index is 0.362. The maximum absolute atomic E-state index is 10.4. The second-order valence-corrected chi connectivity index (χ2v) is 6.24. The Hall–Kier alpha value is -0.550. The van der Waals surface area contributed by atoms with E-state index >= 15 is 0 Å². The van der Waals surface area contributed by atoms with Gasteiger partial charge in [-0.3, -0.25) is 0 Å². The third kappa shape index (κ3) is 1.58. The molecular weight excluding hydrogens is 186 g/mol. The molecule has 0 bridgehead atoms. The average molecular weight is 207 g/mol. The Morgan fingerprint density at radius 2 is 1.53 bits per heavy atom. The van der Waals surface area contributed by atoms with Crippen molar-refractivity contribution >= 4 is 0 Å². The molecule has 0 aromatic rings. The van der Waals surface area contributed by atoms with Crippen LogP contribution in [0, 0.1) is 22.2 Å². The molecule has 84 valence electrons. The van der Waals surface area contributed by atoms with Gasteiger partial charge < -0.3 is 5.11 Å². The summed E-state index contributed by atoms with van der Waals surface area (Å²) in [6.45, 7) is 4.53. The molecule has 0 saturated heterocycles. The van der Waals surface area contributed by atoms with Gasteiger partial charge in [-0.15, -0.1) is 0 Å². The first-order valence-electron chi connectivity index (χ1n) is 6.07. The van der Waals surface area contributed by atoms with Crippen molar-refractivity contribution in [1.29, 1.82) is 5.26 Å². The summed E-state index contributed by atoms with van der Waals surface area (Å²) in [5, 5.41) is 19.8. The first kappa shape index (κ1) is 11.0. The van der Waals surface area contributed by atoms with Crippen LogP contribution in [0.5, 0.6) is 0 Å². The van der Waals surface area contributed by atoms with Gasteiger partial charge in [-0.25, -0.2) is 0 Å². The fraction of sp³-hybridized carbons (Fsp3) is 0.923. The molecule has 0 spiro atoms. The molecule has 1 N–H and O–H groups in total. The van der Waals surface area contributed by atoms with Gasteiger partial charge in [0.25, 0.3) is 0 Å². The summed E-state index contributed by atoms with van der Waals surface area (Å²) in [5.74, 6) is 0. The maximum atomic E-state index is 10.4. The van der Waals surface area contributed by atoms with Crippen molar-refractivity contribution in [3.63, 3.8) is 0 Å². The van der Waals surface area contributed by atoms with Gasteiger partial charge in [0.2, 0.25) is 0 Å². The van der Waals surface area contributed by atoms with Crippen molar-refractivity contribution < 1.29 is 5.11 Å². The summed E-state index contributed by atoms with van der Waals surface area (Å²) in [6.07, 6.45) is 6.66. The smallest absolute Gasteiger partial charge is 0.0860 e. The molecule has 2 saturated carbocycles. The SMILES string of the molecule is CC1(C)CCC(C#N)(C2(O)CCC2)CC1. The minimum atomic E-state index is -0.655. The molecular formula is C13H21NO. The molecule has 2 heteroatoms. The molecule has 2 fully saturated rings. The third-order valence-electron chi connectivity index (χ3n) is 4.74. The fourth-order valence-corrected chi connectivity index (χ4v) is 3.02. The minimum Gasteiger partial charge on any atom is -0.388 e. The van der Waals surface area contributed by atoms with E-state index in [9.17, 15) is 10.4 Å². The lowest BCUT2D eigenvalue weighted by Crippen LogP contribution is -2.54. The van der Waals surface area contributed by atoms with E-state index in [1.807, 2.05) is 0 Å². The Morgan fingerprint density at radius 1 is 1.00 bits per heavy atom. The number of nitriles is 1. The molecule has 0 radical (unpaired) electrons. The summed E-state index contributed by atoms with van der Waals surface area (Å²) >= 11 is 0. The second kappa shape index (κ2) is 3.22. The standard InChI is InChI=1S/C13H21NO/c1-11(2)6-8-12(10-14,9-7-11)13(15)4-3-5-13/h15H,3-9H2,1-2H3. The highest BCUT2D eigenvalue weighted by atomic mass is 16.3. The van der Waals surface area contributed by atoms with Crippen LogP contribution in [0.3, 0.4) is 0 Å². The highest BCUT2D eigenvalue weighted by molar-refractivity contribution is 5.16. The molecule has 2 aliphatic rings. The van der Waals surface area contributed by atoms with Crippen LogP contribution in [0.2, 0.25) is 0 Å².